The number of nitrogens with zero attached hydrogens (tertiary/aromatic N) is 4. The van der Waals surface area contributed by atoms with Gasteiger partial charge in [-0.25, -0.2) is 0 Å². The van der Waals surface area contributed by atoms with Crippen LogP contribution in [-0.4, -0.2) is 31.5 Å². The Morgan fingerprint density at radius 1 is 1.26 bits per heavy atom. The number of alkyl halides is 2. The van der Waals surface area contributed by atoms with Gasteiger partial charge in [0.05, 0.1) is 0 Å². The van der Waals surface area contributed by atoms with E-state index in [1.807, 2.05) is 0 Å². The summed E-state index contributed by atoms with van der Waals surface area (Å²) in [6.07, 6.45) is 4.29. The first kappa shape index (κ1) is 13.5. The Hall–Kier alpha value is -0.520. The van der Waals surface area contributed by atoms with E-state index in [2.05, 4.69) is 27.2 Å². The van der Waals surface area contributed by atoms with Crippen molar-refractivity contribution in [2.24, 2.45) is 0 Å². The van der Waals surface area contributed by atoms with Gasteiger partial charge in [0.2, 0.25) is 17.2 Å². The largest absolute Gasteiger partial charge is 0.351 e. The minimum Gasteiger partial charge on any atom is -0.351 e. The number of hydrogen-bond acceptors (Lipinski definition) is 5. The second kappa shape index (κ2) is 4.79. The Balaban J connectivity index is 1.90. The molecule has 0 aliphatic heterocycles. The van der Waals surface area contributed by atoms with E-state index < -0.39 is 4.96 Å². The number of anilines is 2. The van der Waals surface area contributed by atoms with E-state index in [1.54, 1.807) is 4.90 Å². The molecule has 1 aromatic heterocycles. The Kier molecular flexibility index (Phi) is 3.39. The van der Waals surface area contributed by atoms with Gasteiger partial charge in [0.15, 0.2) is 4.96 Å². The molecule has 0 amide bonds. The van der Waals surface area contributed by atoms with Crippen molar-refractivity contribution in [3.63, 3.8) is 0 Å². The molecular formula is C11H14Cl3N5. The van der Waals surface area contributed by atoms with Crippen molar-refractivity contribution in [3.8, 4) is 0 Å². The van der Waals surface area contributed by atoms with E-state index in [9.17, 15) is 0 Å². The van der Waals surface area contributed by atoms with Crippen molar-refractivity contribution in [2.75, 3.05) is 10.2 Å². The maximum absolute atomic E-state index is 6.05. The zero-order chi connectivity index (χ0) is 13.6. The molecule has 0 saturated heterocycles. The standard InChI is InChI=1S/C11H14Cl3N5/c1-11(4-5-11)19(7(12)13)10-17-8(14)16-9(18-10)15-6-2-3-6/h6-7H,2-5H2,1H3,(H,15,16,17,18). The molecule has 8 heteroatoms. The molecule has 0 atom stereocenters. The summed E-state index contributed by atoms with van der Waals surface area (Å²) in [7, 11) is 0. The van der Waals surface area contributed by atoms with E-state index in [0.29, 0.717) is 17.9 Å². The maximum atomic E-state index is 6.05. The van der Waals surface area contributed by atoms with Gasteiger partial charge in [-0.1, -0.05) is 23.2 Å². The molecule has 1 aromatic rings. The van der Waals surface area contributed by atoms with Crippen molar-refractivity contribution >= 4 is 46.7 Å². The van der Waals surface area contributed by atoms with Crippen LogP contribution in [0, 0.1) is 0 Å². The molecule has 2 aliphatic rings. The summed E-state index contributed by atoms with van der Waals surface area (Å²) >= 11 is 18.1. The SMILES string of the molecule is CC1(N(c2nc(Cl)nc(NC3CC3)n2)C(Cl)Cl)CC1. The average molecular weight is 323 g/mol. The summed E-state index contributed by atoms with van der Waals surface area (Å²) in [6.45, 7) is 2.08. The second-order valence-corrected chi connectivity index (χ2v) is 6.68. The maximum Gasteiger partial charge on any atom is 0.234 e. The topological polar surface area (TPSA) is 53.9 Å². The second-order valence-electron chi connectivity index (χ2n) is 5.29. The molecule has 1 N–H and O–H groups in total. The molecule has 0 radical (unpaired) electrons. The minimum atomic E-state index is -0.709. The van der Waals surface area contributed by atoms with E-state index >= 15 is 0 Å². The first-order chi connectivity index (χ1) is 8.98. The third-order valence-corrected chi connectivity index (χ3v) is 4.03. The molecule has 0 unspecified atom stereocenters. The molecule has 104 valence electrons. The lowest BCUT2D eigenvalue weighted by molar-refractivity contribution is 0.640. The van der Waals surface area contributed by atoms with Crippen LogP contribution in [0.5, 0.6) is 0 Å². The highest BCUT2D eigenvalue weighted by Crippen LogP contribution is 2.45. The molecule has 3 rings (SSSR count). The highest BCUT2D eigenvalue weighted by Gasteiger charge is 2.47. The van der Waals surface area contributed by atoms with Crippen LogP contribution in [0.3, 0.4) is 0 Å². The molecule has 1 heterocycles. The lowest BCUT2D eigenvalue weighted by Gasteiger charge is -2.30. The van der Waals surface area contributed by atoms with Crippen LogP contribution >= 0.6 is 34.8 Å². The van der Waals surface area contributed by atoms with Gasteiger partial charge in [-0.05, 0) is 44.2 Å². The molecular weight excluding hydrogens is 309 g/mol. The molecule has 2 saturated carbocycles. The van der Waals surface area contributed by atoms with Gasteiger partial charge in [-0.3, -0.25) is 0 Å². The first-order valence-corrected chi connectivity index (χ1v) is 7.49. The van der Waals surface area contributed by atoms with Crippen LogP contribution in [0.25, 0.3) is 0 Å². The highest BCUT2D eigenvalue weighted by molar-refractivity contribution is 6.45. The average Bonchev–Trinajstić information content (AvgIpc) is 3.17. The summed E-state index contributed by atoms with van der Waals surface area (Å²) < 4.78 is 0. The molecule has 0 spiro atoms. The summed E-state index contributed by atoms with van der Waals surface area (Å²) in [5, 5.41) is 3.35. The fraction of sp³-hybridized carbons (Fsp3) is 0.727. The Bertz CT molecular complexity index is 487. The number of aromatic nitrogens is 3. The van der Waals surface area contributed by atoms with Crippen LogP contribution in [-0.2, 0) is 0 Å². The van der Waals surface area contributed by atoms with Gasteiger partial charge < -0.3 is 10.2 Å². The van der Waals surface area contributed by atoms with E-state index in [1.165, 1.54) is 0 Å². The van der Waals surface area contributed by atoms with Gasteiger partial charge >= 0.3 is 0 Å². The lowest BCUT2D eigenvalue weighted by Crippen LogP contribution is -2.39. The molecule has 0 bridgehead atoms. The minimum absolute atomic E-state index is 0.0876. The molecule has 5 nitrogen and oxygen atoms in total. The summed E-state index contributed by atoms with van der Waals surface area (Å²) in [4.78, 5) is 13.7. The molecule has 0 aromatic carbocycles. The Labute approximate surface area is 126 Å². The number of nitrogens with one attached hydrogen (secondary N) is 1. The highest BCUT2D eigenvalue weighted by atomic mass is 35.5. The van der Waals surface area contributed by atoms with Crippen molar-refractivity contribution in [1.82, 2.24) is 15.0 Å². The zero-order valence-electron chi connectivity index (χ0n) is 10.4. The van der Waals surface area contributed by atoms with Gasteiger partial charge in [0.1, 0.15) is 0 Å². The van der Waals surface area contributed by atoms with Crippen molar-refractivity contribution in [1.29, 1.82) is 0 Å². The number of halogens is 3. The van der Waals surface area contributed by atoms with Gasteiger partial charge in [-0.15, -0.1) is 0 Å². The predicted octanol–water partition coefficient (Wildman–Crippen LogP) is 3.22. The van der Waals surface area contributed by atoms with Crippen LogP contribution in [0.1, 0.15) is 32.6 Å². The van der Waals surface area contributed by atoms with E-state index in [0.717, 1.165) is 25.7 Å². The Morgan fingerprint density at radius 3 is 2.47 bits per heavy atom. The Morgan fingerprint density at radius 2 is 1.95 bits per heavy atom. The fourth-order valence-corrected chi connectivity index (χ4v) is 2.71. The van der Waals surface area contributed by atoms with Crippen LogP contribution in [0.2, 0.25) is 5.28 Å². The smallest absolute Gasteiger partial charge is 0.234 e. The summed E-state index contributed by atoms with van der Waals surface area (Å²) in [5.41, 5.74) is -0.0876. The van der Waals surface area contributed by atoms with Crippen LogP contribution in [0.4, 0.5) is 11.9 Å². The molecule has 19 heavy (non-hydrogen) atoms. The summed E-state index contributed by atoms with van der Waals surface area (Å²) in [5.74, 6) is 0.916. The third-order valence-electron chi connectivity index (χ3n) is 3.47. The van der Waals surface area contributed by atoms with E-state index in [-0.39, 0.29) is 10.8 Å². The third kappa shape index (κ3) is 2.98. The van der Waals surface area contributed by atoms with Gasteiger partial charge in [0, 0.05) is 11.6 Å². The normalized spacial score (nSPS) is 20.5. The zero-order valence-corrected chi connectivity index (χ0v) is 12.7. The number of rotatable bonds is 5. The van der Waals surface area contributed by atoms with Gasteiger partial charge in [-0.2, -0.15) is 15.0 Å². The van der Waals surface area contributed by atoms with E-state index in [4.69, 9.17) is 34.8 Å². The summed E-state index contributed by atoms with van der Waals surface area (Å²) in [6, 6.07) is 0.444. The fourth-order valence-electron chi connectivity index (χ4n) is 1.91. The predicted molar refractivity (Wildman–Crippen MR) is 77.1 cm³/mol. The van der Waals surface area contributed by atoms with Crippen molar-refractivity contribution < 1.29 is 0 Å². The number of hydrogen-bond donors (Lipinski definition) is 1. The van der Waals surface area contributed by atoms with Crippen LogP contribution in [0.15, 0.2) is 0 Å². The molecule has 2 aliphatic carbocycles. The van der Waals surface area contributed by atoms with Crippen LogP contribution < -0.4 is 10.2 Å². The first-order valence-electron chi connectivity index (χ1n) is 6.23. The van der Waals surface area contributed by atoms with Gasteiger partial charge in [0.25, 0.3) is 0 Å². The van der Waals surface area contributed by atoms with Crippen molar-refractivity contribution in [2.45, 2.75) is 49.1 Å². The quantitative estimate of drug-likeness (QED) is 0.666. The molecule has 2 fully saturated rings. The van der Waals surface area contributed by atoms with Crippen molar-refractivity contribution in [3.05, 3.63) is 5.28 Å². The monoisotopic (exact) mass is 321 g/mol. The lowest BCUT2D eigenvalue weighted by atomic mass is 10.3.